The molecule has 184 valence electrons. The van der Waals surface area contributed by atoms with E-state index in [1.807, 2.05) is 0 Å². The van der Waals surface area contributed by atoms with Crippen LogP contribution in [0.15, 0.2) is 23.8 Å². The summed E-state index contributed by atoms with van der Waals surface area (Å²) < 4.78 is 12.4. The average molecular weight is 574 g/mol. The lowest BCUT2D eigenvalue weighted by Gasteiger charge is -2.36. The molecule has 0 saturated heterocycles. The fourth-order valence-corrected chi connectivity index (χ4v) is 5.32. The van der Waals surface area contributed by atoms with E-state index in [4.69, 9.17) is 14.6 Å². The molecule has 1 amide bonds. The Morgan fingerprint density at radius 1 is 1.18 bits per heavy atom. The number of benzene rings is 1. The molecule has 1 aromatic rings. The van der Waals surface area contributed by atoms with Crippen LogP contribution in [-0.4, -0.2) is 65.8 Å². The normalized spacial score (nSPS) is 24.0. The molecule has 8 nitrogen and oxygen atoms in total. The number of carbonyl (C=O) groups excluding carboxylic acids is 1. The van der Waals surface area contributed by atoms with E-state index in [1.54, 1.807) is 18.2 Å². The van der Waals surface area contributed by atoms with Crippen molar-refractivity contribution in [3.8, 4) is 11.5 Å². The number of amides is 1. The third kappa shape index (κ3) is 7.05. The van der Waals surface area contributed by atoms with Crippen molar-refractivity contribution in [1.29, 1.82) is 0 Å². The first-order valence-electron chi connectivity index (χ1n) is 11.6. The highest BCUT2D eigenvalue weighted by Gasteiger charge is 2.37. The van der Waals surface area contributed by atoms with Crippen LogP contribution in [-0.2, 0) is 11.4 Å². The Kier molecular flexibility index (Phi) is 10.2. The van der Waals surface area contributed by atoms with E-state index in [-0.39, 0.29) is 31.7 Å². The number of ether oxygens (including phenoxy) is 2. The predicted octanol–water partition coefficient (Wildman–Crippen LogP) is 2.02. The van der Waals surface area contributed by atoms with E-state index in [9.17, 15) is 15.0 Å². The van der Waals surface area contributed by atoms with Crippen molar-refractivity contribution in [2.75, 3.05) is 20.3 Å². The summed E-state index contributed by atoms with van der Waals surface area (Å²) in [5.74, 6) is 0.645. The van der Waals surface area contributed by atoms with Crippen LogP contribution in [0.1, 0.15) is 50.5 Å². The van der Waals surface area contributed by atoms with Gasteiger partial charge in [-0.2, -0.15) is 0 Å². The van der Waals surface area contributed by atoms with Gasteiger partial charge in [0.25, 0.3) is 0 Å². The van der Waals surface area contributed by atoms with Gasteiger partial charge in [-0.15, -0.1) is 0 Å². The first-order chi connectivity index (χ1) is 16.0. The lowest BCUT2D eigenvalue weighted by atomic mass is 9.88. The number of nitrogens with one attached hydrogen (secondary N) is 2. The molecule has 0 aromatic heterocycles. The van der Waals surface area contributed by atoms with Crippen LogP contribution in [0, 0.1) is 3.57 Å². The van der Waals surface area contributed by atoms with Gasteiger partial charge in [-0.3, -0.25) is 4.79 Å². The number of carbonyl (C=O) groups is 1. The summed E-state index contributed by atoms with van der Waals surface area (Å²) in [7, 11) is 1.52. The summed E-state index contributed by atoms with van der Waals surface area (Å²) in [4.78, 5) is 12.7. The quantitative estimate of drug-likeness (QED) is 0.226. The van der Waals surface area contributed by atoms with Gasteiger partial charge >= 0.3 is 0 Å². The molecule has 0 spiro atoms. The summed E-state index contributed by atoms with van der Waals surface area (Å²) >= 11 is 2.11. The summed E-state index contributed by atoms with van der Waals surface area (Å²) in [6, 6.07) is 3.46. The minimum Gasteiger partial charge on any atom is -0.493 e. The Bertz CT molecular complexity index is 825. The Hall–Kier alpha value is -1.40. The monoisotopic (exact) mass is 574 g/mol. The molecule has 2 aliphatic rings. The van der Waals surface area contributed by atoms with Gasteiger partial charge in [-0.1, -0.05) is 25.7 Å². The van der Waals surface area contributed by atoms with Gasteiger partial charge in [0.1, 0.15) is 12.2 Å². The number of rotatable bonds is 9. The molecule has 33 heavy (non-hydrogen) atoms. The van der Waals surface area contributed by atoms with Gasteiger partial charge in [0.05, 0.1) is 23.9 Å². The zero-order valence-electron chi connectivity index (χ0n) is 19.1. The number of aliphatic hydroxyl groups excluding tert-OH is 3. The van der Waals surface area contributed by atoms with E-state index < -0.39 is 12.2 Å². The zero-order valence-corrected chi connectivity index (χ0v) is 21.2. The van der Waals surface area contributed by atoms with Gasteiger partial charge in [-0.05, 0) is 65.6 Å². The molecule has 1 fully saturated rings. The Morgan fingerprint density at radius 2 is 1.91 bits per heavy atom. The summed E-state index contributed by atoms with van der Waals surface area (Å²) in [6.07, 6.45) is 7.31. The number of hydrogen-bond donors (Lipinski definition) is 5. The molecular weight excluding hydrogens is 539 g/mol. The van der Waals surface area contributed by atoms with Crippen molar-refractivity contribution in [1.82, 2.24) is 10.6 Å². The topological polar surface area (TPSA) is 120 Å². The minimum absolute atomic E-state index is 0.124. The Morgan fingerprint density at radius 3 is 2.55 bits per heavy atom. The number of hydrogen-bond acceptors (Lipinski definition) is 7. The number of halogens is 1. The smallest absolute Gasteiger partial charge is 0.247 e. The molecule has 0 heterocycles. The molecule has 5 N–H and O–H groups in total. The second kappa shape index (κ2) is 12.9. The van der Waals surface area contributed by atoms with E-state index in [2.05, 4.69) is 33.2 Å². The fourth-order valence-electron chi connectivity index (χ4n) is 4.53. The summed E-state index contributed by atoms with van der Waals surface area (Å²) in [5, 5.41) is 36.1. The third-order valence-electron chi connectivity index (χ3n) is 6.27. The molecule has 9 heteroatoms. The highest BCUT2D eigenvalue weighted by atomic mass is 127. The Labute approximate surface area is 208 Å². The maximum absolute atomic E-state index is 12.7. The van der Waals surface area contributed by atoms with Gasteiger partial charge in [0, 0.05) is 24.2 Å². The standard InChI is InChI=1S/C24H35IN2O6/c1-32-21-11-15(14-29)10-18(25)23(21)33-20-13-16(24(31)26-8-9-28)12-19(22(20)30)27-17-6-4-2-3-5-7-17/h10-11,13,17,19-20,22,27-30H,2-9,12,14H2,1H3,(H,26,31)/t19-,20+,22+/m1/s1. The van der Waals surface area contributed by atoms with Crippen LogP contribution in [0.5, 0.6) is 11.5 Å². The summed E-state index contributed by atoms with van der Waals surface area (Å²) in [5.41, 5.74) is 1.21. The molecule has 0 aliphatic heterocycles. The molecule has 1 aromatic carbocycles. The minimum atomic E-state index is -0.860. The lowest BCUT2D eigenvalue weighted by Crippen LogP contribution is -2.54. The first kappa shape index (κ1) is 26.2. The van der Waals surface area contributed by atoms with Crippen molar-refractivity contribution < 1.29 is 29.6 Å². The van der Waals surface area contributed by atoms with Crippen molar-refractivity contribution in [3.63, 3.8) is 0 Å². The van der Waals surface area contributed by atoms with E-state index in [0.29, 0.717) is 35.1 Å². The average Bonchev–Trinajstić information content (AvgIpc) is 3.09. The van der Waals surface area contributed by atoms with E-state index in [1.165, 1.54) is 20.0 Å². The molecule has 1 saturated carbocycles. The van der Waals surface area contributed by atoms with Crippen LogP contribution in [0.4, 0.5) is 0 Å². The maximum atomic E-state index is 12.7. The van der Waals surface area contributed by atoms with Crippen LogP contribution in [0.3, 0.4) is 0 Å². The van der Waals surface area contributed by atoms with Crippen LogP contribution in [0.2, 0.25) is 0 Å². The van der Waals surface area contributed by atoms with Crippen molar-refractivity contribution in [3.05, 3.63) is 32.9 Å². The fraction of sp³-hybridized carbons (Fsp3) is 0.625. The van der Waals surface area contributed by atoms with Gasteiger partial charge < -0.3 is 35.4 Å². The first-order valence-corrected chi connectivity index (χ1v) is 12.7. The molecule has 0 radical (unpaired) electrons. The third-order valence-corrected chi connectivity index (χ3v) is 7.08. The Balaban J connectivity index is 1.86. The van der Waals surface area contributed by atoms with Crippen LogP contribution < -0.4 is 20.1 Å². The molecule has 3 atom stereocenters. The van der Waals surface area contributed by atoms with Crippen molar-refractivity contribution >= 4 is 28.5 Å². The highest BCUT2D eigenvalue weighted by molar-refractivity contribution is 14.1. The highest BCUT2D eigenvalue weighted by Crippen LogP contribution is 2.36. The number of aliphatic hydroxyl groups is 3. The van der Waals surface area contributed by atoms with Gasteiger partial charge in [-0.25, -0.2) is 0 Å². The zero-order chi connectivity index (χ0) is 23.8. The van der Waals surface area contributed by atoms with Crippen molar-refractivity contribution in [2.45, 2.75) is 75.8 Å². The van der Waals surface area contributed by atoms with Crippen LogP contribution >= 0.6 is 22.6 Å². The molecule has 0 bridgehead atoms. The SMILES string of the molecule is COc1cc(CO)cc(I)c1O[C@H]1C=C(C(=O)NCCO)C[C@@H](NC2CCCCCC2)[C@@H]1O. The lowest BCUT2D eigenvalue weighted by molar-refractivity contribution is -0.118. The second-order valence-electron chi connectivity index (χ2n) is 8.68. The number of methoxy groups -OCH3 is 1. The maximum Gasteiger partial charge on any atom is 0.247 e. The molecule has 3 rings (SSSR count). The predicted molar refractivity (Wildman–Crippen MR) is 133 cm³/mol. The molecule has 2 aliphatic carbocycles. The largest absolute Gasteiger partial charge is 0.493 e. The molecular formula is C24H35IN2O6. The van der Waals surface area contributed by atoms with Crippen molar-refractivity contribution in [2.24, 2.45) is 0 Å². The van der Waals surface area contributed by atoms with Gasteiger partial charge in [0.2, 0.25) is 5.91 Å². The second-order valence-corrected chi connectivity index (χ2v) is 9.84. The van der Waals surface area contributed by atoms with E-state index in [0.717, 1.165) is 29.3 Å². The summed E-state index contributed by atoms with van der Waals surface area (Å²) in [6.45, 7) is -0.0988. The van der Waals surface area contributed by atoms with E-state index >= 15 is 0 Å². The van der Waals surface area contributed by atoms with Gasteiger partial charge in [0.15, 0.2) is 11.5 Å². The molecule has 0 unspecified atom stereocenters. The van der Waals surface area contributed by atoms with Crippen LogP contribution in [0.25, 0.3) is 0 Å².